The first-order chi connectivity index (χ1) is 11.5. The molecule has 0 saturated heterocycles. The van der Waals surface area contributed by atoms with E-state index < -0.39 is 10.0 Å². The lowest BCUT2D eigenvalue weighted by Crippen LogP contribution is -2.26. The number of hydrogen-bond donors (Lipinski definition) is 0. The molecule has 0 radical (unpaired) electrons. The van der Waals surface area contributed by atoms with Gasteiger partial charge in [0, 0.05) is 13.6 Å². The molecule has 0 atom stereocenters. The van der Waals surface area contributed by atoms with Crippen LogP contribution in [0.3, 0.4) is 0 Å². The number of nitrogens with zero attached hydrogens (tertiary/aromatic N) is 1. The number of rotatable bonds is 5. The zero-order valence-electron chi connectivity index (χ0n) is 14.2. The first-order valence-electron chi connectivity index (χ1n) is 8.22. The maximum atomic E-state index is 12.8. The fourth-order valence-corrected chi connectivity index (χ4v) is 4.33. The Kier molecular flexibility index (Phi) is 4.92. The van der Waals surface area contributed by atoms with E-state index in [2.05, 4.69) is 0 Å². The van der Waals surface area contributed by atoms with Crippen LogP contribution in [0.2, 0.25) is 0 Å². The van der Waals surface area contributed by atoms with Crippen molar-refractivity contribution in [1.82, 2.24) is 4.31 Å². The van der Waals surface area contributed by atoms with Gasteiger partial charge in [-0.3, -0.25) is 0 Å². The third-order valence-electron chi connectivity index (χ3n) is 4.59. The summed E-state index contributed by atoms with van der Waals surface area (Å²) in [5.74, 6) is 0.763. The van der Waals surface area contributed by atoms with Gasteiger partial charge in [0.25, 0.3) is 0 Å². The molecule has 0 heterocycles. The van der Waals surface area contributed by atoms with E-state index in [1.165, 1.54) is 21.9 Å². The molecule has 0 fully saturated rings. The summed E-state index contributed by atoms with van der Waals surface area (Å²) in [6.45, 7) is 0.337. The molecule has 1 aliphatic carbocycles. The Balaban J connectivity index is 1.80. The molecule has 0 saturated carbocycles. The number of fused-ring (bicyclic) bond motifs is 1. The van der Waals surface area contributed by atoms with Gasteiger partial charge in [0.2, 0.25) is 10.0 Å². The van der Waals surface area contributed by atoms with E-state index in [-0.39, 0.29) is 0 Å². The van der Waals surface area contributed by atoms with Crippen LogP contribution in [-0.2, 0) is 29.4 Å². The van der Waals surface area contributed by atoms with E-state index in [1.54, 1.807) is 20.2 Å². The monoisotopic (exact) mass is 345 g/mol. The first-order valence-corrected chi connectivity index (χ1v) is 9.66. The van der Waals surface area contributed by atoms with Crippen LogP contribution in [0.15, 0.2) is 47.4 Å². The minimum atomic E-state index is -3.48. The summed E-state index contributed by atoms with van der Waals surface area (Å²) in [4.78, 5) is 0.388. The largest absolute Gasteiger partial charge is 0.497 e. The Bertz CT molecular complexity index is 813. The summed E-state index contributed by atoms with van der Waals surface area (Å²) in [6.07, 6.45) is 4.35. The summed E-state index contributed by atoms with van der Waals surface area (Å²) in [5, 5.41) is 0. The van der Waals surface area contributed by atoms with Crippen molar-refractivity contribution in [1.29, 1.82) is 0 Å². The zero-order chi connectivity index (χ0) is 17.2. The second kappa shape index (κ2) is 6.95. The molecule has 2 aromatic rings. The standard InChI is InChI=1S/C19H23NO3S/c1-20(14-15-7-10-18(23-2)11-8-15)24(21,22)19-12-9-16-5-3-4-6-17(16)13-19/h7-13H,3-6,14H2,1-2H3. The number of methoxy groups -OCH3 is 1. The second-order valence-corrected chi connectivity index (χ2v) is 8.29. The fourth-order valence-electron chi connectivity index (χ4n) is 3.12. The van der Waals surface area contributed by atoms with Crippen molar-refractivity contribution in [2.24, 2.45) is 0 Å². The molecular weight excluding hydrogens is 322 g/mol. The summed E-state index contributed by atoms with van der Waals surface area (Å²) >= 11 is 0. The van der Waals surface area contributed by atoms with Gasteiger partial charge in [-0.1, -0.05) is 18.2 Å². The Morgan fingerprint density at radius 1 is 1.00 bits per heavy atom. The molecule has 0 spiro atoms. The third-order valence-corrected chi connectivity index (χ3v) is 6.39. The highest BCUT2D eigenvalue weighted by Crippen LogP contribution is 2.26. The van der Waals surface area contributed by atoms with Gasteiger partial charge >= 0.3 is 0 Å². The van der Waals surface area contributed by atoms with E-state index in [0.717, 1.165) is 30.6 Å². The number of sulfonamides is 1. The summed E-state index contributed by atoms with van der Waals surface area (Å²) in [5.41, 5.74) is 3.40. The molecule has 0 aliphatic heterocycles. The molecule has 0 N–H and O–H groups in total. The molecule has 1 aliphatic rings. The van der Waals surface area contributed by atoms with Crippen molar-refractivity contribution in [3.8, 4) is 5.75 Å². The Morgan fingerprint density at radius 2 is 1.67 bits per heavy atom. The number of benzene rings is 2. The van der Waals surface area contributed by atoms with Crippen LogP contribution >= 0.6 is 0 Å². The van der Waals surface area contributed by atoms with Gasteiger partial charge in [-0.2, -0.15) is 4.31 Å². The van der Waals surface area contributed by atoms with Crippen molar-refractivity contribution >= 4 is 10.0 Å². The molecule has 2 aromatic carbocycles. The van der Waals surface area contributed by atoms with E-state index in [9.17, 15) is 8.42 Å². The Morgan fingerprint density at radius 3 is 2.33 bits per heavy atom. The maximum absolute atomic E-state index is 12.8. The van der Waals surface area contributed by atoms with Crippen molar-refractivity contribution < 1.29 is 13.2 Å². The Hall–Kier alpha value is -1.85. The van der Waals surface area contributed by atoms with Crippen LogP contribution in [0.25, 0.3) is 0 Å². The molecule has 0 aromatic heterocycles. The second-order valence-electron chi connectivity index (χ2n) is 6.25. The van der Waals surface area contributed by atoms with E-state index >= 15 is 0 Å². The molecular formula is C19H23NO3S. The van der Waals surface area contributed by atoms with Gasteiger partial charge in [-0.25, -0.2) is 8.42 Å². The lowest BCUT2D eigenvalue weighted by molar-refractivity contribution is 0.414. The van der Waals surface area contributed by atoms with Crippen LogP contribution in [0, 0.1) is 0 Å². The van der Waals surface area contributed by atoms with E-state index in [4.69, 9.17) is 4.74 Å². The van der Waals surface area contributed by atoms with Gasteiger partial charge in [0.1, 0.15) is 5.75 Å². The molecule has 5 heteroatoms. The van der Waals surface area contributed by atoms with Crippen molar-refractivity contribution in [3.63, 3.8) is 0 Å². The van der Waals surface area contributed by atoms with Gasteiger partial charge in [0.05, 0.1) is 12.0 Å². The van der Waals surface area contributed by atoms with Gasteiger partial charge in [-0.05, 0) is 66.6 Å². The highest BCUT2D eigenvalue weighted by Gasteiger charge is 2.22. The van der Waals surface area contributed by atoms with Crippen molar-refractivity contribution in [2.75, 3.05) is 14.2 Å². The first kappa shape index (κ1) is 17.0. The highest BCUT2D eigenvalue weighted by molar-refractivity contribution is 7.89. The predicted octanol–water partition coefficient (Wildman–Crippen LogP) is 3.39. The average molecular weight is 345 g/mol. The average Bonchev–Trinajstić information content (AvgIpc) is 2.61. The third kappa shape index (κ3) is 3.47. The number of aryl methyl sites for hydroxylation is 2. The molecule has 0 bridgehead atoms. The molecule has 4 nitrogen and oxygen atoms in total. The van der Waals surface area contributed by atoms with E-state index in [1.807, 2.05) is 36.4 Å². The lowest BCUT2D eigenvalue weighted by Gasteiger charge is -2.20. The van der Waals surface area contributed by atoms with Crippen LogP contribution in [-0.4, -0.2) is 26.9 Å². The summed E-state index contributed by atoms with van der Waals surface area (Å²) in [7, 11) is -0.247. The molecule has 24 heavy (non-hydrogen) atoms. The minimum Gasteiger partial charge on any atom is -0.497 e. The minimum absolute atomic E-state index is 0.337. The van der Waals surface area contributed by atoms with Crippen LogP contribution < -0.4 is 4.74 Å². The zero-order valence-corrected chi connectivity index (χ0v) is 15.0. The number of hydrogen-bond acceptors (Lipinski definition) is 3. The predicted molar refractivity (Wildman–Crippen MR) is 94.7 cm³/mol. The van der Waals surface area contributed by atoms with E-state index in [0.29, 0.717) is 11.4 Å². The Labute approximate surface area is 144 Å². The molecule has 0 amide bonds. The maximum Gasteiger partial charge on any atom is 0.243 e. The van der Waals surface area contributed by atoms with Crippen LogP contribution in [0.5, 0.6) is 5.75 Å². The SMILES string of the molecule is COc1ccc(CN(C)S(=O)(=O)c2ccc3c(c2)CCCC3)cc1. The lowest BCUT2D eigenvalue weighted by atomic mass is 9.92. The van der Waals surface area contributed by atoms with Gasteiger partial charge < -0.3 is 4.74 Å². The van der Waals surface area contributed by atoms with Crippen LogP contribution in [0.1, 0.15) is 29.5 Å². The summed E-state index contributed by atoms with van der Waals surface area (Å²) in [6, 6.07) is 13.0. The highest BCUT2D eigenvalue weighted by atomic mass is 32.2. The summed E-state index contributed by atoms with van der Waals surface area (Å²) < 4.78 is 32.2. The normalized spacial score (nSPS) is 14.5. The smallest absolute Gasteiger partial charge is 0.243 e. The quantitative estimate of drug-likeness (QED) is 0.834. The van der Waals surface area contributed by atoms with Crippen molar-refractivity contribution in [3.05, 3.63) is 59.2 Å². The van der Waals surface area contributed by atoms with Gasteiger partial charge in [-0.15, -0.1) is 0 Å². The fraction of sp³-hybridized carbons (Fsp3) is 0.368. The van der Waals surface area contributed by atoms with Crippen LogP contribution in [0.4, 0.5) is 0 Å². The topological polar surface area (TPSA) is 46.6 Å². The molecule has 0 unspecified atom stereocenters. The number of ether oxygens (including phenoxy) is 1. The van der Waals surface area contributed by atoms with Crippen molar-refractivity contribution in [2.45, 2.75) is 37.1 Å². The molecule has 3 rings (SSSR count). The van der Waals surface area contributed by atoms with Gasteiger partial charge in [0.15, 0.2) is 0 Å². The molecule has 128 valence electrons.